The van der Waals surface area contributed by atoms with E-state index >= 15 is 0 Å². The second-order valence-electron chi connectivity index (χ2n) is 6.47. The van der Waals surface area contributed by atoms with Gasteiger partial charge in [0.05, 0.1) is 7.11 Å². The first-order valence-corrected chi connectivity index (χ1v) is 10.1. The molecule has 1 aromatic heterocycles. The standard InChI is InChI=1S/C22H23N3O3S/c1-4-25(13-20(26)24-18-6-5-7-19(12-18)28-3)22(27)17-10-8-16(9-11-17)21-23-15(2)14-29-21/h5-12,14H,4,13H2,1-3H3,(H,24,26). The van der Waals surface area contributed by atoms with Gasteiger partial charge in [0.1, 0.15) is 17.3 Å². The summed E-state index contributed by atoms with van der Waals surface area (Å²) in [5, 5.41) is 5.72. The smallest absolute Gasteiger partial charge is 0.254 e. The normalized spacial score (nSPS) is 10.4. The van der Waals surface area contributed by atoms with Crippen LogP contribution in [0.15, 0.2) is 53.9 Å². The van der Waals surface area contributed by atoms with Crippen LogP contribution in [0.2, 0.25) is 0 Å². The van der Waals surface area contributed by atoms with E-state index in [-0.39, 0.29) is 18.4 Å². The second kappa shape index (κ2) is 9.34. The molecule has 1 N–H and O–H groups in total. The topological polar surface area (TPSA) is 71.5 Å². The zero-order valence-corrected chi connectivity index (χ0v) is 17.5. The molecular formula is C22H23N3O3S. The molecule has 3 rings (SSSR count). The third-order valence-electron chi connectivity index (χ3n) is 4.35. The number of carbonyl (C=O) groups excluding carboxylic acids is 2. The molecule has 150 valence electrons. The average Bonchev–Trinajstić information content (AvgIpc) is 3.18. The van der Waals surface area contributed by atoms with Crippen LogP contribution in [0.1, 0.15) is 23.0 Å². The highest BCUT2D eigenvalue weighted by Gasteiger charge is 2.18. The van der Waals surface area contributed by atoms with Gasteiger partial charge >= 0.3 is 0 Å². The van der Waals surface area contributed by atoms with E-state index in [0.29, 0.717) is 23.5 Å². The van der Waals surface area contributed by atoms with Gasteiger partial charge < -0.3 is 15.0 Å². The summed E-state index contributed by atoms with van der Waals surface area (Å²) >= 11 is 1.57. The van der Waals surface area contributed by atoms with Crippen molar-refractivity contribution in [1.82, 2.24) is 9.88 Å². The van der Waals surface area contributed by atoms with Gasteiger partial charge in [-0.1, -0.05) is 18.2 Å². The molecule has 0 atom stereocenters. The zero-order chi connectivity index (χ0) is 20.8. The van der Waals surface area contributed by atoms with Gasteiger partial charge in [-0.2, -0.15) is 0 Å². The Hall–Kier alpha value is -3.19. The van der Waals surface area contributed by atoms with Gasteiger partial charge in [0.15, 0.2) is 0 Å². The molecule has 0 unspecified atom stereocenters. The maximum atomic E-state index is 12.8. The number of anilines is 1. The first kappa shape index (κ1) is 20.5. The molecule has 7 heteroatoms. The molecule has 1 heterocycles. The Bertz CT molecular complexity index is 999. The van der Waals surface area contributed by atoms with Crippen LogP contribution in [0.25, 0.3) is 10.6 Å². The van der Waals surface area contributed by atoms with E-state index in [1.54, 1.807) is 54.8 Å². The quantitative estimate of drug-likeness (QED) is 0.634. The highest BCUT2D eigenvalue weighted by Crippen LogP contribution is 2.24. The van der Waals surface area contributed by atoms with Crippen LogP contribution in [0, 0.1) is 6.92 Å². The maximum Gasteiger partial charge on any atom is 0.254 e. The van der Waals surface area contributed by atoms with Gasteiger partial charge in [0.25, 0.3) is 5.91 Å². The molecular weight excluding hydrogens is 386 g/mol. The summed E-state index contributed by atoms with van der Waals surface area (Å²) in [6.45, 7) is 4.20. The monoisotopic (exact) mass is 409 g/mol. The third kappa shape index (κ3) is 5.20. The van der Waals surface area contributed by atoms with Crippen LogP contribution in [0.5, 0.6) is 5.75 Å². The fourth-order valence-electron chi connectivity index (χ4n) is 2.83. The number of carbonyl (C=O) groups is 2. The summed E-state index contributed by atoms with van der Waals surface area (Å²) in [5.74, 6) is 0.209. The Morgan fingerprint density at radius 1 is 1.17 bits per heavy atom. The minimum atomic E-state index is -0.261. The number of amides is 2. The van der Waals surface area contributed by atoms with Crippen molar-refractivity contribution in [2.24, 2.45) is 0 Å². The van der Waals surface area contributed by atoms with Crippen LogP contribution in [-0.4, -0.2) is 41.9 Å². The minimum absolute atomic E-state index is 0.0278. The number of rotatable bonds is 7. The molecule has 29 heavy (non-hydrogen) atoms. The van der Waals surface area contributed by atoms with Gasteiger partial charge in [-0.05, 0) is 38.1 Å². The Morgan fingerprint density at radius 2 is 1.93 bits per heavy atom. The van der Waals surface area contributed by atoms with Crippen molar-refractivity contribution >= 4 is 28.8 Å². The first-order chi connectivity index (χ1) is 14.0. The summed E-state index contributed by atoms with van der Waals surface area (Å²) in [4.78, 5) is 31.2. The number of methoxy groups -OCH3 is 1. The lowest BCUT2D eigenvalue weighted by atomic mass is 10.1. The molecule has 0 bridgehead atoms. The van der Waals surface area contributed by atoms with Crippen molar-refractivity contribution in [2.75, 3.05) is 25.5 Å². The fraction of sp³-hybridized carbons (Fsp3) is 0.227. The average molecular weight is 410 g/mol. The third-order valence-corrected chi connectivity index (χ3v) is 5.36. The Labute approximate surface area is 174 Å². The summed E-state index contributed by atoms with van der Waals surface area (Å²) in [6.07, 6.45) is 0. The van der Waals surface area contributed by atoms with Crippen molar-refractivity contribution in [2.45, 2.75) is 13.8 Å². The first-order valence-electron chi connectivity index (χ1n) is 9.26. The summed E-state index contributed by atoms with van der Waals surface area (Å²) in [6, 6.07) is 14.4. The van der Waals surface area contributed by atoms with Crippen LogP contribution in [-0.2, 0) is 4.79 Å². The maximum absolute atomic E-state index is 12.8. The molecule has 3 aromatic rings. The van der Waals surface area contributed by atoms with E-state index in [9.17, 15) is 9.59 Å². The summed E-state index contributed by atoms with van der Waals surface area (Å²) in [7, 11) is 1.57. The lowest BCUT2D eigenvalue weighted by Gasteiger charge is -2.20. The number of nitrogens with zero attached hydrogens (tertiary/aromatic N) is 2. The Kier molecular flexibility index (Phi) is 6.61. The van der Waals surface area contributed by atoms with Crippen LogP contribution < -0.4 is 10.1 Å². The molecule has 2 aromatic carbocycles. The van der Waals surface area contributed by atoms with Gasteiger partial charge in [-0.15, -0.1) is 11.3 Å². The molecule has 0 radical (unpaired) electrons. The van der Waals surface area contributed by atoms with Gasteiger partial charge in [0.2, 0.25) is 5.91 Å². The molecule has 0 aliphatic rings. The number of aryl methyl sites for hydroxylation is 1. The highest BCUT2D eigenvalue weighted by molar-refractivity contribution is 7.13. The van der Waals surface area contributed by atoms with Crippen molar-refractivity contribution in [3.8, 4) is 16.3 Å². The molecule has 6 nitrogen and oxygen atoms in total. The van der Waals surface area contributed by atoms with Crippen molar-refractivity contribution in [3.63, 3.8) is 0 Å². The number of hydrogen-bond acceptors (Lipinski definition) is 5. The van der Waals surface area contributed by atoms with Gasteiger partial charge in [-0.3, -0.25) is 9.59 Å². The van der Waals surface area contributed by atoms with Crippen LogP contribution >= 0.6 is 11.3 Å². The number of ether oxygens (including phenoxy) is 1. The lowest BCUT2D eigenvalue weighted by molar-refractivity contribution is -0.116. The summed E-state index contributed by atoms with van der Waals surface area (Å²) < 4.78 is 5.16. The fourth-order valence-corrected chi connectivity index (χ4v) is 3.63. The molecule has 0 saturated carbocycles. The number of thiazole rings is 1. The highest BCUT2D eigenvalue weighted by atomic mass is 32.1. The predicted octanol–water partition coefficient (Wildman–Crippen LogP) is 4.23. The Balaban J connectivity index is 1.65. The van der Waals surface area contributed by atoms with E-state index < -0.39 is 0 Å². The molecule has 0 aliphatic carbocycles. The molecule has 0 spiro atoms. The van der Waals surface area contributed by atoms with Gasteiger partial charge in [0, 0.05) is 40.5 Å². The lowest BCUT2D eigenvalue weighted by Crippen LogP contribution is -2.37. The predicted molar refractivity (Wildman–Crippen MR) is 115 cm³/mol. The number of likely N-dealkylation sites (N-methyl/N-ethyl adjacent to an activating group) is 1. The zero-order valence-electron chi connectivity index (χ0n) is 16.6. The number of benzene rings is 2. The van der Waals surface area contributed by atoms with E-state index in [1.807, 2.05) is 31.4 Å². The van der Waals surface area contributed by atoms with E-state index in [1.165, 1.54) is 4.90 Å². The van der Waals surface area contributed by atoms with Crippen LogP contribution in [0.4, 0.5) is 5.69 Å². The number of hydrogen-bond donors (Lipinski definition) is 1. The number of nitrogens with one attached hydrogen (secondary N) is 1. The minimum Gasteiger partial charge on any atom is -0.497 e. The molecule has 0 saturated heterocycles. The Morgan fingerprint density at radius 3 is 2.55 bits per heavy atom. The second-order valence-corrected chi connectivity index (χ2v) is 7.33. The summed E-state index contributed by atoms with van der Waals surface area (Å²) in [5.41, 5.74) is 3.11. The van der Waals surface area contributed by atoms with E-state index in [0.717, 1.165) is 16.3 Å². The number of aromatic nitrogens is 1. The SMILES string of the molecule is CCN(CC(=O)Nc1cccc(OC)c1)C(=O)c1ccc(-c2nc(C)cs2)cc1. The van der Waals surface area contributed by atoms with Gasteiger partial charge in [-0.25, -0.2) is 4.98 Å². The largest absolute Gasteiger partial charge is 0.497 e. The molecule has 2 amide bonds. The van der Waals surface area contributed by atoms with Crippen LogP contribution in [0.3, 0.4) is 0 Å². The van der Waals surface area contributed by atoms with Crippen molar-refractivity contribution in [1.29, 1.82) is 0 Å². The molecule has 0 fully saturated rings. The van der Waals surface area contributed by atoms with Crippen molar-refractivity contribution < 1.29 is 14.3 Å². The van der Waals surface area contributed by atoms with E-state index in [4.69, 9.17) is 4.74 Å². The molecule has 0 aliphatic heterocycles. The van der Waals surface area contributed by atoms with Crippen molar-refractivity contribution in [3.05, 3.63) is 65.2 Å². The van der Waals surface area contributed by atoms with E-state index in [2.05, 4.69) is 10.3 Å².